The van der Waals surface area contributed by atoms with Crippen LogP contribution in [0.15, 0.2) is 52.0 Å². The van der Waals surface area contributed by atoms with Gasteiger partial charge in [-0.1, -0.05) is 30.3 Å². The molecule has 2 heterocycles. The van der Waals surface area contributed by atoms with Crippen LogP contribution in [0.2, 0.25) is 0 Å². The Hall–Kier alpha value is -2.61. The summed E-state index contributed by atoms with van der Waals surface area (Å²) in [4.78, 5) is 28.9. The second-order valence-electron chi connectivity index (χ2n) is 7.47. The molecule has 1 aromatic heterocycles. The van der Waals surface area contributed by atoms with Crippen molar-refractivity contribution in [2.24, 2.45) is 0 Å². The van der Waals surface area contributed by atoms with Crippen LogP contribution in [-0.2, 0) is 20.0 Å². The number of furan rings is 1. The molecule has 7 nitrogen and oxygen atoms in total. The van der Waals surface area contributed by atoms with Crippen LogP contribution in [0.1, 0.15) is 30.0 Å². The number of carbonyl (C=O) groups excluding carboxylic acids is 2. The lowest BCUT2D eigenvalue weighted by atomic mass is 9.83. The summed E-state index contributed by atoms with van der Waals surface area (Å²) < 4.78 is 28.2. The molecule has 1 saturated heterocycles. The quantitative estimate of drug-likeness (QED) is 0.777. The number of piperazine rings is 1. The number of rotatable bonds is 4. The highest BCUT2D eigenvalue weighted by Gasteiger charge is 2.36. The van der Waals surface area contributed by atoms with Crippen LogP contribution in [0.4, 0.5) is 0 Å². The summed E-state index contributed by atoms with van der Waals surface area (Å²) in [5.74, 6) is -0.364. The van der Waals surface area contributed by atoms with E-state index in [4.69, 9.17) is 4.42 Å². The van der Waals surface area contributed by atoms with Crippen molar-refractivity contribution in [3.8, 4) is 0 Å². The van der Waals surface area contributed by atoms with Crippen LogP contribution in [-0.4, -0.2) is 62.5 Å². The molecule has 0 spiro atoms. The number of amides is 2. The highest BCUT2D eigenvalue weighted by Crippen LogP contribution is 2.26. The predicted molar refractivity (Wildman–Crippen MR) is 104 cm³/mol. The van der Waals surface area contributed by atoms with E-state index in [1.165, 1.54) is 12.1 Å². The Kier molecular flexibility index (Phi) is 5.34. The lowest BCUT2D eigenvalue weighted by Crippen LogP contribution is -2.54. The molecule has 1 aliphatic rings. The van der Waals surface area contributed by atoms with Gasteiger partial charge in [0.1, 0.15) is 0 Å². The Bertz CT molecular complexity index is 971. The fourth-order valence-electron chi connectivity index (χ4n) is 3.28. The van der Waals surface area contributed by atoms with E-state index in [-0.39, 0.29) is 22.7 Å². The van der Waals surface area contributed by atoms with Crippen LogP contribution in [0, 0.1) is 0 Å². The fraction of sp³-hybridized carbons (Fsp3) is 0.400. The van der Waals surface area contributed by atoms with Gasteiger partial charge in [0.15, 0.2) is 5.76 Å². The number of sulfone groups is 1. The van der Waals surface area contributed by atoms with E-state index in [9.17, 15) is 18.0 Å². The molecule has 2 amide bonds. The van der Waals surface area contributed by atoms with Crippen LogP contribution in [0.3, 0.4) is 0 Å². The first-order chi connectivity index (χ1) is 13.1. The number of benzene rings is 1. The Morgan fingerprint density at radius 3 is 2.04 bits per heavy atom. The smallest absolute Gasteiger partial charge is 0.289 e. The van der Waals surface area contributed by atoms with Gasteiger partial charge in [-0.25, -0.2) is 8.42 Å². The third-order valence-electron chi connectivity index (χ3n) is 5.04. The molecule has 0 radical (unpaired) electrons. The molecule has 1 aliphatic heterocycles. The normalized spacial score (nSPS) is 15.5. The summed E-state index contributed by atoms with van der Waals surface area (Å²) in [6, 6.07) is 12.3. The predicted octanol–water partition coefficient (Wildman–Crippen LogP) is 1.95. The van der Waals surface area contributed by atoms with E-state index in [1.807, 2.05) is 44.2 Å². The third kappa shape index (κ3) is 3.96. The summed E-state index contributed by atoms with van der Waals surface area (Å²) >= 11 is 0. The molecule has 0 unspecified atom stereocenters. The average Bonchev–Trinajstić information content (AvgIpc) is 3.18. The van der Waals surface area contributed by atoms with Crippen molar-refractivity contribution < 1.29 is 22.4 Å². The Morgan fingerprint density at radius 1 is 0.929 bits per heavy atom. The van der Waals surface area contributed by atoms with E-state index in [0.29, 0.717) is 26.2 Å². The van der Waals surface area contributed by atoms with Crippen LogP contribution >= 0.6 is 0 Å². The maximum atomic E-state index is 13.0. The second kappa shape index (κ2) is 7.43. The molecule has 0 N–H and O–H groups in total. The zero-order valence-electron chi connectivity index (χ0n) is 16.2. The molecular formula is C20H24N2O5S. The van der Waals surface area contributed by atoms with Gasteiger partial charge in [-0.15, -0.1) is 0 Å². The zero-order valence-corrected chi connectivity index (χ0v) is 17.0. The third-order valence-corrected chi connectivity index (χ3v) is 5.99. The van der Waals surface area contributed by atoms with E-state index in [0.717, 1.165) is 11.8 Å². The lowest BCUT2D eigenvalue weighted by Gasteiger charge is -2.38. The van der Waals surface area contributed by atoms with Gasteiger partial charge >= 0.3 is 0 Å². The first-order valence-corrected chi connectivity index (χ1v) is 10.9. The SMILES string of the molecule is CC(C)(C(=O)N1CCN(C(=O)c2ccc(S(C)(=O)=O)o2)CC1)c1ccccc1. The van der Waals surface area contributed by atoms with Crippen LogP contribution < -0.4 is 0 Å². The number of hydrogen-bond acceptors (Lipinski definition) is 5. The first-order valence-electron chi connectivity index (χ1n) is 9.05. The Labute approximate surface area is 164 Å². The van der Waals surface area contributed by atoms with Gasteiger partial charge < -0.3 is 14.2 Å². The second-order valence-corrected chi connectivity index (χ2v) is 9.41. The minimum Gasteiger partial charge on any atom is -0.440 e. The lowest BCUT2D eigenvalue weighted by molar-refractivity contribution is -0.137. The maximum Gasteiger partial charge on any atom is 0.289 e. The van der Waals surface area contributed by atoms with Crippen molar-refractivity contribution in [1.82, 2.24) is 9.80 Å². The van der Waals surface area contributed by atoms with E-state index in [1.54, 1.807) is 9.80 Å². The molecule has 0 saturated carbocycles. The molecule has 0 aliphatic carbocycles. The molecule has 8 heteroatoms. The van der Waals surface area contributed by atoms with Crippen molar-refractivity contribution in [3.63, 3.8) is 0 Å². The summed E-state index contributed by atoms with van der Waals surface area (Å²) in [7, 11) is -3.50. The van der Waals surface area contributed by atoms with E-state index >= 15 is 0 Å². The van der Waals surface area contributed by atoms with Gasteiger partial charge in [0.2, 0.25) is 20.8 Å². The fourth-order valence-corrected chi connectivity index (χ4v) is 3.83. The van der Waals surface area contributed by atoms with Crippen LogP contribution in [0.5, 0.6) is 0 Å². The average molecular weight is 404 g/mol. The Balaban J connectivity index is 1.65. The number of nitrogens with zero attached hydrogens (tertiary/aromatic N) is 2. The number of carbonyl (C=O) groups is 2. The van der Waals surface area contributed by atoms with Crippen molar-refractivity contribution in [2.75, 3.05) is 32.4 Å². The molecule has 1 fully saturated rings. The molecular weight excluding hydrogens is 380 g/mol. The van der Waals surface area contributed by atoms with Gasteiger partial charge in [0.05, 0.1) is 5.41 Å². The van der Waals surface area contributed by atoms with Crippen LogP contribution in [0.25, 0.3) is 0 Å². The van der Waals surface area contributed by atoms with E-state index in [2.05, 4.69) is 0 Å². The minimum absolute atomic E-state index is 0.00943. The largest absolute Gasteiger partial charge is 0.440 e. The highest BCUT2D eigenvalue weighted by molar-refractivity contribution is 7.90. The summed E-state index contributed by atoms with van der Waals surface area (Å²) in [6.45, 7) is 5.37. The maximum absolute atomic E-state index is 13.0. The van der Waals surface area contributed by atoms with Crippen molar-refractivity contribution in [2.45, 2.75) is 24.4 Å². The molecule has 0 atom stereocenters. The standard InChI is InChI=1S/C20H24N2O5S/c1-20(2,15-7-5-4-6-8-15)19(24)22-13-11-21(12-14-22)18(23)16-9-10-17(27-16)28(3,25)26/h4-10H,11-14H2,1-3H3. The van der Waals surface area contributed by atoms with Crippen molar-refractivity contribution in [1.29, 1.82) is 0 Å². The van der Waals surface area contributed by atoms with Gasteiger partial charge in [-0.05, 0) is 31.5 Å². The molecule has 2 aromatic rings. The molecule has 150 valence electrons. The summed E-state index contributed by atoms with van der Waals surface area (Å²) in [5.41, 5.74) is 0.293. The van der Waals surface area contributed by atoms with Gasteiger partial charge in [-0.2, -0.15) is 0 Å². The van der Waals surface area contributed by atoms with Gasteiger partial charge in [0, 0.05) is 32.4 Å². The highest BCUT2D eigenvalue weighted by atomic mass is 32.2. The number of hydrogen-bond donors (Lipinski definition) is 0. The minimum atomic E-state index is -3.50. The summed E-state index contributed by atoms with van der Waals surface area (Å²) in [5, 5.41) is -0.228. The molecule has 1 aromatic carbocycles. The Morgan fingerprint density at radius 2 is 1.50 bits per heavy atom. The molecule has 28 heavy (non-hydrogen) atoms. The first kappa shape index (κ1) is 20.1. The topological polar surface area (TPSA) is 87.9 Å². The monoisotopic (exact) mass is 404 g/mol. The van der Waals surface area contributed by atoms with Gasteiger partial charge in [0.25, 0.3) is 5.91 Å². The summed E-state index contributed by atoms with van der Waals surface area (Å²) in [6.07, 6.45) is 1.03. The van der Waals surface area contributed by atoms with Crippen molar-refractivity contribution >= 4 is 21.7 Å². The zero-order chi connectivity index (χ0) is 20.5. The van der Waals surface area contributed by atoms with Gasteiger partial charge in [-0.3, -0.25) is 9.59 Å². The molecule has 3 rings (SSSR count). The molecule has 0 bridgehead atoms. The van der Waals surface area contributed by atoms with E-state index < -0.39 is 15.3 Å². The van der Waals surface area contributed by atoms with Crippen molar-refractivity contribution in [3.05, 3.63) is 53.8 Å².